The molecule has 0 radical (unpaired) electrons. The van der Waals surface area contributed by atoms with E-state index in [1.807, 2.05) is 48.5 Å². The molecule has 0 aliphatic heterocycles. The predicted octanol–water partition coefficient (Wildman–Crippen LogP) is 3.58. The van der Waals surface area contributed by atoms with Crippen molar-refractivity contribution < 1.29 is 13.7 Å². The van der Waals surface area contributed by atoms with Crippen LogP contribution in [0.15, 0.2) is 64.4 Å². The summed E-state index contributed by atoms with van der Waals surface area (Å²) in [6.45, 7) is 2.18. The van der Waals surface area contributed by atoms with Gasteiger partial charge in [-0.05, 0) is 72.5 Å². The largest absolute Gasteiger partial charge is 0.497 e. The third-order valence-corrected chi connectivity index (χ3v) is 6.28. The van der Waals surface area contributed by atoms with Crippen LogP contribution in [0.2, 0.25) is 0 Å². The Balaban J connectivity index is 1.97. The van der Waals surface area contributed by atoms with Gasteiger partial charge in [0.25, 0.3) is 5.56 Å². The van der Waals surface area contributed by atoms with Crippen LogP contribution >= 0.6 is 0 Å². The number of thiol groups is 1. The Kier molecular flexibility index (Phi) is 5.94. The molecule has 0 fully saturated rings. The number of rotatable bonds is 6. The van der Waals surface area contributed by atoms with E-state index in [2.05, 4.69) is 0 Å². The zero-order chi connectivity index (χ0) is 21.2. The minimum absolute atomic E-state index is 0.0301. The summed E-state index contributed by atoms with van der Waals surface area (Å²) in [6.07, 6.45) is 5.27. The molecule has 3 rings (SSSR count). The van der Waals surface area contributed by atoms with E-state index in [0.29, 0.717) is 17.9 Å². The van der Waals surface area contributed by atoms with Gasteiger partial charge in [-0.3, -0.25) is 9.00 Å². The van der Waals surface area contributed by atoms with Gasteiger partial charge in [0.15, 0.2) is 0 Å². The predicted molar refractivity (Wildman–Crippen MR) is 119 cm³/mol. The Morgan fingerprint density at radius 2 is 1.66 bits per heavy atom. The van der Waals surface area contributed by atoms with E-state index < -0.39 is 9.93 Å². The number of benzene rings is 2. The van der Waals surface area contributed by atoms with Crippen molar-refractivity contribution in [2.24, 2.45) is 7.05 Å². The average Bonchev–Trinajstić information content (AvgIpc) is 2.69. The topological polar surface area (TPSA) is 57.5 Å². The van der Waals surface area contributed by atoms with Crippen LogP contribution in [-0.2, 0) is 23.6 Å². The number of pyridine rings is 1. The van der Waals surface area contributed by atoms with E-state index in [1.54, 1.807) is 44.4 Å². The molecular formula is C23H27NO4S. The first-order valence-electron chi connectivity index (χ1n) is 9.31. The highest BCUT2D eigenvalue weighted by atomic mass is 32.2. The zero-order valence-electron chi connectivity index (χ0n) is 17.4. The molecule has 29 heavy (non-hydrogen) atoms. The van der Waals surface area contributed by atoms with Crippen LogP contribution in [0.25, 0.3) is 11.1 Å². The molecule has 0 aliphatic carbocycles. The molecule has 0 bridgehead atoms. The van der Waals surface area contributed by atoms with Gasteiger partial charge in [0.1, 0.15) is 18.1 Å². The molecule has 1 heterocycles. The van der Waals surface area contributed by atoms with Gasteiger partial charge in [-0.15, -0.1) is 0 Å². The minimum Gasteiger partial charge on any atom is -0.497 e. The summed E-state index contributed by atoms with van der Waals surface area (Å²) in [5, 5.41) is 0. The lowest BCUT2D eigenvalue weighted by Crippen LogP contribution is -2.18. The van der Waals surface area contributed by atoms with Gasteiger partial charge in [0.2, 0.25) is 0 Å². The Morgan fingerprint density at radius 1 is 0.966 bits per heavy atom. The van der Waals surface area contributed by atoms with Crippen molar-refractivity contribution in [1.82, 2.24) is 4.57 Å². The highest BCUT2D eigenvalue weighted by molar-refractivity contribution is 8.01. The molecule has 5 nitrogen and oxygen atoms in total. The van der Waals surface area contributed by atoms with Crippen LogP contribution in [0.4, 0.5) is 0 Å². The van der Waals surface area contributed by atoms with Crippen LogP contribution in [0.3, 0.4) is 0 Å². The normalized spacial score (nSPS) is 11.9. The van der Waals surface area contributed by atoms with Gasteiger partial charge < -0.3 is 14.0 Å². The van der Waals surface area contributed by atoms with Crippen molar-refractivity contribution in [2.75, 3.05) is 19.6 Å². The Bertz CT molecular complexity index is 1100. The number of hydrogen-bond acceptors (Lipinski definition) is 4. The van der Waals surface area contributed by atoms with E-state index in [4.69, 9.17) is 9.47 Å². The van der Waals surface area contributed by atoms with Crippen molar-refractivity contribution in [3.63, 3.8) is 0 Å². The fourth-order valence-corrected chi connectivity index (χ4v) is 3.96. The maximum absolute atomic E-state index is 12.8. The summed E-state index contributed by atoms with van der Waals surface area (Å²) >= 11 is 0. The molecule has 0 spiro atoms. The lowest BCUT2D eigenvalue weighted by atomic mass is 10.1. The van der Waals surface area contributed by atoms with Gasteiger partial charge in [0, 0.05) is 23.7 Å². The van der Waals surface area contributed by atoms with Crippen molar-refractivity contribution in [2.45, 2.75) is 18.4 Å². The summed E-state index contributed by atoms with van der Waals surface area (Å²) in [5.41, 5.74) is 3.39. The van der Waals surface area contributed by atoms with Crippen LogP contribution in [0.1, 0.15) is 11.1 Å². The number of aromatic nitrogens is 1. The summed E-state index contributed by atoms with van der Waals surface area (Å²) < 4.78 is 25.5. The maximum Gasteiger partial charge on any atom is 0.253 e. The number of ether oxygens (including phenoxy) is 2. The van der Waals surface area contributed by atoms with Crippen LogP contribution < -0.4 is 15.0 Å². The van der Waals surface area contributed by atoms with E-state index in [1.165, 1.54) is 0 Å². The quantitative estimate of drug-likeness (QED) is 0.628. The summed E-state index contributed by atoms with van der Waals surface area (Å²) in [5.74, 6) is 1.43. The summed E-state index contributed by atoms with van der Waals surface area (Å²) in [7, 11) is 0.866. The molecule has 2 aromatic carbocycles. The second kappa shape index (κ2) is 8.25. The van der Waals surface area contributed by atoms with Gasteiger partial charge in [-0.1, -0.05) is 22.1 Å². The molecule has 0 saturated carbocycles. The number of nitrogens with zero attached hydrogens (tertiary/aromatic N) is 1. The molecule has 154 valence electrons. The number of aryl methyl sites for hydroxylation is 2. The SMILES string of the molecule is COc1ccc(COc2cc(-c3cc(C)c(=O)n(C)c3)cc([SH](C)(C)=O)c2)cc1. The minimum atomic E-state index is -2.50. The second-order valence-corrected chi connectivity index (χ2v) is 10.7. The van der Waals surface area contributed by atoms with Crippen molar-refractivity contribution in [3.8, 4) is 22.6 Å². The standard InChI is InChI=1S/C23H27NO4S/c1-16-10-19(14-24(2)23(16)25)18-11-21(13-22(12-18)29(4,5)26)28-15-17-6-8-20(27-3)9-7-17/h6-14,29H,15H2,1-5H3. The third-order valence-electron chi connectivity index (χ3n) is 4.77. The van der Waals surface area contributed by atoms with Gasteiger partial charge in [0.05, 0.1) is 7.11 Å². The highest BCUT2D eigenvalue weighted by Crippen LogP contribution is 2.30. The van der Waals surface area contributed by atoms with Gasteiger partial charge in [-0.25, -0.2) is 0 Å². The monoisotopic (exact) mass is 413 g/mol. The van der Waals surface area contributed by atoms with Crippen molar-refractivity contribution >= 4 is 9.93 Å². The molecule has 0 saturated heterocycles. The highest BCUT2D eigenvalue weighted by Gasteiger charge is 2.12. The van der Waals surface area contributed by atoms with E-state index in [0.717, 1.165) is 27.3 Å². The molecule has 0 unspecified atom stereocenters. The number of hydrogen-bond donors (Lipinski definition) is 1. The maximum atomic E-state index is 12.8. The zero-order valence-corrected chi connectivity index (χ0v) is 18.3. The molecule has 0 N–H and O–H groups in total. The first kappa shape index (κ1) is 20.9. The molecule has 6 heteroatoms. The van der Waals surface area contributed by atoms with Crippen molar-refractivity contribution in [1.29, 1.82) is 0 Å². The fourth-order valence-electron chi connectivity index (χ4n) is 3.07. The molecule has 0 aliphatic rings. The molecule has 0 atom stereocenters. The molecule has 1 aromatic heterocycles. The van der Waals surface area contributed by atoms with Crippen molar-refractivity contribution in [3.05, 3.63) is 76.2 Å². The fraction of sp³-hybridized carbons (Fsp3) is 0.261. The Labute approximate surface area is 172 Å². The molecule has 0 amide bonds. The Morgan fingerprint density at radius 3 is 2.24 bits per heavy atom. The van der Waals surface area contributed by atoms with E-state index in [-0.39, 0.29) is 5.56 Å². The van der Waals surface area contributed by atoms with Gasteiger partial charge in [-0.2, -0.15) is 0 Å². The second-order valence-electron chi connectivity index (χ2n) is 7.53. The van der Waals surface area contributed by atoms with E-state index in [9.17, 15) is 9.00 Å². The number of methoxy groups -OCH3 is 1. The Hall–Kier alpha value is -2.86. The van der Waals surface area contributed by atoms with Crippen LogP contribution in [0, 0.1) is 6.92 Å². The summed E-state index contributed by atoms with van der Waals surface area (Å²) in [6, 6.07) is 15.2. The first-order chi connectivity index (χ1) is 13.7. The average molecular weight is 414 g/mol. The van der Waals surface area contributed by atoms with Crippen LogP contribution in [-0.4, -0.2) is 28.4 Å². The van der Waals surface area contributed by atoms with E-state index >= 15 is 0 Å². The lowest BCUT2D eigenvalue weighted by Gasteiger charge is -2.17. The first-order valence-corrected chi connectivity index (χ1v) is 11.9. The summed E-state index contributed by atoms with van der Waals surface area (Å²) in [4.78, 5) is 12.8. The smallest absolute Gasteiger partial charge is 0.253 e. The molecular weight excluding hydrogens is 386 g/mol. The van der Waals surface area contributed by atoms with Crippen LogP contribution in [0.5, 0.6) is 11.5 Å². The lowest BCUT2D eigenvalue weighted by molar-refractivity contribution is 0.305. The molecule has 3 aromatic rings. The van der Waals surface area contributed by atoms with Gasteiger partial charge >= 0.3 is 0 Å². The third kappa shape index (κ3) is 4.95.